The Hall–Kier alpha value is -2.35. The first-order chi connectivity index (χ1) is 16.2. The highest BCUT2D eigenvalue weighted by Crippen LogP contribution is 2.38. The summed E-state index contributed by atoms with van der Waals surface area (Å²) >= 11 is 0. The number of benzene rings is 2. The van der Waals surface area contributed by atoms with Crippen molar-refractivity contribution < 1.29 is 9.53 Å². The molecule has 0 bridgehead atoms. The van der Waals surface area contributed by atoms with Crippen LogP contribution in [0.15, 0.2) is 60.2 Å². The zero-order valence-electron chi connectivity index (χ0n) is 20.5. The highest BCUT2D eigenvalue weighted by Gasteiger charge is 2.22. The minimum atomic E-state index is -0.174. The van der Waals surface area contributed by atoms with Crippen molar-refractivity contribution in [1.29, 1.82) is 0 Å². The average molecular weight is 445 g/mol. The lowest BCUT2D eigenvalue weighted by Crippen LogP contribution is -2.13. The van der Waals surface area contributed by atoms with Crippen molar-refractivity contribution in [2.75, 3.05) is 7.11 Å². The first kappa shape index (κ1) is 23.8. The van der Waals surface area contributed by atoms with Gasteiger partial charge >= 0.3 is 5.97 Å². The van der Waals surface area contributed by atoms with Crippen LogP contribution in [0.25, 0.3) is 11.1 Å². The second kappa shape index (κ2) is 11.7. The maximum atomic E-state index is 11.7. The van der Waals surface area contributed by atoms with Crippen molar-refractivity contribution in [3.05, 3.63) is 71.3 Å². The van der Waals surface area contributed by atoms with Gasteiger partial charge in [0, 0.05) is 5.57 Å². The lowest BCUT2D eigenvalue weighted by molar-refractivity contribution is -0.136. The molecule has 2 aliphatic rings. The minimum absolute atomic E-state index is 0.174. The maximum absolute atomic E-state index is 11.7. The van der Waals surface area contributed by atoms with Gasteiger partial charge in [-0.3, -0.25) is 0 Å². The summed E-state index contributed by atoms with van der Waals surface area (Å²) < 4.78 is 4.86. The molecule has 2 nitrogen and oxygen atoms in total. The number of allylic oxidation sites excluding steroid dienone is 1. The Bertz CT molecular complexity index is 914. The third kappa shape index (κ3) is 6.16. The number of rotatable bonds is 8. The Balaban J connectivity index is 1.31. The Kier molecular flexibility index (Phi) is 8.42. The SMILES string of the molecule is CCCCCC1CCC(c2ccc(-c3ccc(C4CC=C(C(=O)OC)CC4)cc3)cc2)CC1. The largest absolute Gasteiger partial charge is 0.466 e. The average Bonchev–Trinajstić information content (AvgIpc) is 2.89. The Labute approximate surface area is 200 Å². The molecule has 2 aromatic carbocycles. The molecule has 0 aliphatic heterocycles. The maximum Gasteiger partial charge on any atom is 0.333 e. The van der Waals surface area contributed by atoms with Gasteiger partial charge in [-0.2, -0.15) is 0 Å². The molecule has 0 radical (unpaired) electrons. The van der Waals surface area contributed by atoms with Crippen molar-refractivity contribution in [3.8, 4) is 11.1 Å². The highest BCUT2D eigenvalue weighted by atomic mass is 16.5. The van der Waals surface area contributed by atoms with Gasteiger partial charge in [-0.05, 0) is 85.0 Å². The molecular formula is C31H40O2. The van der Waals surface area contributed by atoms with Crippen LogP contribution in [-0.4, -0.2) is 13.1 Å². The van der Waals surface area contributed by atoms with Gasteiger partial charge < -0.3 is 4.74 Å². The van der Waals surface area contributed by atoms with E-state index in [2.05, 4.69) is 61.5 Å². The van der Waals surface area contributed by atoms with E-state index in [1.807, 2.05) is 0 Å². The van der Waals surface area contributed by atoms with Crippen LogP contribution in [0.3, 0.4) is 0 Å². The molecule has 176 valence electrons. The van der Waals surface area contributed by atoms with Gasteiger partial charge in [0.05, 0.1) is 7.11 Å². The summed E-state index contributed by atoms with van der Waals surface area (Å²) in [5.41, 5.74) is 6.31. The summed E-state index contributed by atoms with van der Waals surface area (Å²) in [6.45, 7) is 2.30. The number of unbranched alkanes of at least 4 members (excludes halogenated alkanes) is 2. The van der Waals surface area contributed by atoms with Crippen LogP contribution in [-0.2, 0) is 9.53 Å². The molecule has 0 saturated heterocycles. The van der Waals surface area contributed by atoms with Crippen LogP contribution in [0.4, 0.5) is 0 Å². The minimum Gasteiger partial charge on any atom is -0.466 e. The van der Waals surface area contributed by atoms with E-state index in [-0.39, 0.29) is 5.97 Å². The van der Waals surface area contributed by atoms with E-state index in [9.17, 15) is 4.79 Å². The molecule has 4 rings (SSSR count). The summed E-state index contributed by atoms with van der Waals surface area (Å²) in [7, 11) is 1.46. The number of methoxy groups -OCH3 is 1. The zero-order valence-corrected chi connectivity index (χ0v) is 20.5. The van der Waals surface area contributed by atoms with Gasteiger partial charge in [0.25, 0.3) is 0 Å². The fourth-order valence-corrected chi connectivity index (χ4v) is 5.82. The van der Waals surface area contributed by atoms with E-state index in [0.717, 1.165) is 36.7 Å². The molecule has 0 heterocycles. The Morgan fingerprint density at radius 1 is 0.818 bits per heavy atom. The Morgan fingerprint density at radius 3 is 1.94 bits per heavy atom. The number of esters is 1. The van der Waals surface area contributed by atoms with Crippen molar-refractivity contribution in [1.82, 2.24) is 0 Å². The molecule has 1 unspecified atom stereocenters. The fraction of sp³-hybridized carbons (Fsp3) is 0.516. The van der Waals surface area contributed by atoms with Crippen LogP contribution in [0.1, 0.15) is 101 Å². The molecule has 0 amide bonds. The van der Waals surface area contributed by atoms with Gasteiger partial charge in [0.15, 0.2) is 0 Å². The highest BCUT2D eigenvalue weighted by molar-refractivity contribution is 5.88. The van der Waals surface area contributed by atoms with Crippen molar-refractivity contribution in [2.45, 2.75) is 89.4 Å². The van der Waals surface area contributed by atoms with Crippen LogP contribution in [0.5, 0.6) is 0 Å². The van der Waals surface area contributed by atoms with Gasteiger partial charge in [0.2, 0.25) is 0 Å². The summed E-state index contributed by atoms with van der Waals surface area (Å²) in [4.78, 5) is 11.7. The third-order valence-electron chi connectivity index (χ3n) is 8.02. The van der Waals surface area contributed by atoms with Crippen LogP contribution in [0, 0.1) is 5.92 Å². The number of hydrogen-bond donors (Lipinski definition) is 0. The van der Waals surface area contributed by atoms with Crippen molar-refractivity contribution in [3.63, 3.8) is 0 Å². The summed E-state index contributed by atoms with van der Waals surface area (Å²) in [6.07, 6.45) is 15.9. The fourth-order valence-electron chi connectivity index (χ4n) is 5.82. The molecule has 2 heteroatoms. The van der Waals surface area contributed by atoms with Gasteiger partial charge in [-0.15, -0.1) is 0 Å². The predicted octanol–water partition coefficient (Wildman–Crippen LogP) is 8.57. The molecular weight excluding hydrogens is 404 g/mol. The lowest BCUT2D eigenvalue weighted by atomic mass is 9.77. The quantitative estimate of drug-likeness (QED) is 0.301. The number of hydrogen-bond acceptors (Lipinski definition) is 2. The van der Waals surface area contributed by atoms with Crippen molar-refractivity contribution >= 4 is 5.97 Å². The molecule has 0 spiro atoms. The standard InChI is InChI=1S/C31H40O2/c1-3-4-5-6-23-7-9-24(10-8-23)25-11-13-26(14-12-25)27-15-17-28(18-16-27)29-19-21-30(22-20-29)31(32)33-2/h11-18,21,23-24,29H,3-10,19-20,22H2,1-2H3. The van der Waals surface area contributed by atoms with Crippen LogP contribution >= 0.6 is 0 Å². The topological polar surface area (TPSA) is 26.3 Å². The first-order valence-corrected chi connectivity index (χ1v) is 13.2. The van der Waals surface area contributed by atoms with Crippen molar-refractivity contribution in [2.24, 2.45) is 5.92 Å². The zero-order chi connectivity index (χ0) is 23.0. The molecule has 1 atom stereocenters. The molecule has 0 N–H and O–H groups in total. The second-order valence-corrected chi connectivity index (χ2v) is 10.1. The van der Waals surface area contributed by atoms with Gasteiger partial charge in [-0.1, -0.05) is 87.2 Å². The summed E-state index contributed by atoms with van der Waals surface area (Å²) in [6, 6.07) is 18.4. The number of ether oxygens (including phenoxy) is 1. The molecule has 1 fully saturated rings. The summed E-state index contributed by atoms with van der Waals surface area (Å²) in [5, 5.41) is 0. The first-order valence-electron chi connectivity index (χ1n) is 13.2. The van der Waals surface area contributed by atoms with E-state index in [1.165, 1.54) is 80.7 Å². The molecule has 2 aromatic rings. The number of carbonyl (C=O) groups excluding carboxylic acids is 1. The molecule has 0 aromatic heterocycles. The number of carbonyl (C=O) groups is 1. The normalized spacial score (nSPS) is 23.1. The predicted molar refractivity (Wildman–Crippen MR) is 137 cm³/mol. The van der Waals surface area contributed by atoms with E-state index in [0.29, 0.717) is 5.92 Å². The van der Waals surface area contributed by atoms with Crippen LogP contribution in [0.2, 0.25) is 0 Å². The van der Waals surface area contributed by atoms with E-state index in [4.69, 9.17) is 4.74 Å². The molecule has 1 saturated carbocycles. The monoisotopic (exact) mass is 444 g/mol. The third-order valence-corrected chi connectivity index (χ3v) is 8.02. The van der Waals surface area contributed by atoms with E-state index >= 15 is 0 Å². The molecule has 33 heavy (non-hydrogen) atoms. The lowest BCUT2D eigenvalue weighted by Gasteiger charge is -2.29. The Morgan fingerprint density at radius 2 is 1.42 bits per heavy atom. The van der Waals surface area contributed by atoms with Gasteiger partial charge in [0.1, 0.15) is 0 Å². The smallest absolute Gasteiger partial charge is 0.333 e. The van der Waals surface area contributed by atoms with Gasteiger partial charge in [-0.25, -0.2) is 4.79 Å². The van der Waals surface area contributed by atoms with E-state index in [1.54, 1.807) is 0 Å². The summed E-state index contributed by atoms with van der Waals surface area (Å²) in [5.74, 6) is 2.04. The molecule has 2 aliphatic carbocycles. The van der Waals surface area contributed by atoms with Crippen LogP contribution < -0.4 is 0 Å². The van der Waals surface area contributed by atoms with E-state index < -0.39 is 0 Å². The second-order valence-electron chi connectivity index (χ2n) is 10.1.